The molecule has 5 rings (SSSR count). The third kappa shape index (κ3) is 3.82. The molecule has 1 saturated heterocycles. The molecule has 1 N–H and O–H groups in total. The van der Waals surface area contributed by atoms with E-state index < -0.39 is 0 Å². The summed E-state index contributed by atoms with van der Waals surface area (Å²) in [5.74, 6) is 1.37. The topological polar surface area (TPSA) is 89.2 Å². The van der Waals surface area contributed by atoms with Crippen molar-refractivity contribution in [1.29, 1.82) is 0 Å². The highest BCUT2D eigenvalue weighted by Crippen LogP contribution is 2.39. The van der Waals surface area contributed by atoms with Crippen molar-refractivity contribution in [2.45, 2.75) is 52.3 Å². The summed E-state index contributed by atoms with van der Waals surface area (Å²) in [6.45, 7) is 9.01. The maximum Gasteiger partial charge on any atom is 0.287 e. The summed E-state index contributed by atoms with van der Waals surface area (Å²) in [6, 6.07) is 4.36. The second-order valence-electron chi connectivity index (χ2n) is 8.85. The van der Waals surface area contributed by atoms with Crippen LogP contribution in [-0.2, 0) is 22.4 Å². The second-order valence-corrected chi connectivity index (χ2v) is 8.85. The number of aromatic nitrogens is 1. The van der Waals surface area contributed by atoms with Gasteiger partial charge in [-0.2, -0.15) is 5.10 Å². The fourth-order valence-electron chi connectivity index (χ4n) is 4.92. The van der Waals surface area contributed by atoms with Gasteiger partial charge in [-0.15, -0.1) is 0 Å². The monoisotopic (exact) mass is 438 g/mol. The van der Waals surface area contributed by atoms with Gasteiger partial charge in [-0.05, 0) is 38.8 Å². The standard InChI is InChI=1S/C24H30N4O4/c1-14-21-20(32-23(14)24(29)26-11-18-13-30-9-10-31-18)7-6-19-16(3)28(27-22(19)21)12-17-5-4-8-25-15(17)2/h4-5,8,16,18-19H,6-7,9-13H2,1-3H3,(H,26,29)/t16?,18-,19?/m1/s1. The molecule has 2 aromatic rings. The molecular formula is C24H30N4O4. The van der Waals surface area contributed by atoms with Crippen LogP contribution in [0.2, 0.25) is 0 Å². The van der Waals surface area contributed by atoms with Crippen LogP contribution in [0, 0.1) is 19.8 Å². The number of hydrogen-bond donors (Lipinski definition) is 1. The number of nitrogens with zero attached hydrogens (tertiary/aromatic N) is 3. The van der Waals surface area contributed by atoms with E-state index in [-0.39, 0.29) is 18.1 Å². The number of nitrogens with one attached hydrogen (secondary N) is 1. The van der Waals surface area contributed by atoms with Crippen molar-refractivity contribution in [3.8, 4) is 0 Å². The molecule has 1 fully saturated rings. The summed E-state index contributed by atoms with van der Waals surface area (Å²) in [7, 11) is 0. The zero-order chi connectivity index (χ0) is 22.2. The molecule has 2 aliphatic heterocycles. The smallest absolute Gasteiger partial charge is 0.287 e. The van der Waals surface area contributed by atoms with Crippen molar-refractivity contribution in [3.05, 3.63) is 52.2 Å². The fraction of sp³-hybridized carbons (Fsp3) is 0.542. The molecule has 1 aliphatic carbocycles. The minimum absolute atomic E-state index is 0.119. The highest BCUT2D eigenvalue weighted by Gasteiger charge is 2.41. The van der Waals surface area contributed by atoms with E-state index >= 15 is 0 Å². The molecule has 2 aromatic heterocycles. The first-order chi connectivity index (χ1) is 15.5. The molecule has 0 aromatic carbocycles. The van der Waals surface area contributed by atoms with E-state index in [0.29, 0.717) is 38.0 Å². The maximum atomic E-state index is 12.9. The Bertz CT molecular complexity index is 1040. The average Bonchev–Trinajstić information content (AvgIpc) is 3.31. The molecule has 8 heteroatoms. The van der Waals surface area contributed by atoms with Crippen molar-refractivity contribution in [2.24, 2.45) is 11.0 Å². The first-order valence-electron chi connectivity index (χ1n) is 11.4. The van der Waals surface area contributed by atoms with Crippen molar-refractivity contribution in [1.82, 2.24) is 15.3 Å². The van der Waals surface area contributed by atoms with Gasteiger partial charge in [-0.25, -0.2) is 0 Å². The van der Waals surface area contributed by atoms with Gasteiger partial charge in [0.05, 0.1) is 44.2 Å². The van der Waals surface area contributed by atoms with Crippen molar-refractivity contribution in [3.63, 3.8) is 0 Å². The summed E-state index contributed by atoms with van der Waals surface area (Å²) in [5.41, 5.74) is 5.14. The molecular weight excluding hydrogens is 408 g/mol. The molecule has 32 heavy (non-hydrogen) atoms. The summed E-state index contributed by atoms with van der Waals surface area (Å²) < 4.78 is 17.1. The first kappa shape index (κ1) is 21.2. The van der Waals surface area contributed by atoms with E-state index in [1.54, 1.807) is 0 Å². The number of aryl methyl sites for hydroxylation is 2. The van der Waals surface area contributed by atoms with E-state index in [4.69, 9.17) is 19.0 Å². The number of furan rings is 1. The van der Waals surface area contributed by atoms with Crippen LogP contribution < -0.4 is 5.32 Å². The second kappa shape index (κ2) is 8.67. The van der Waals surface area contributed by atoms with Crippen molar-refractivity contribution < 1.29 is 18.7 Å². The van der Waals surface area contributed by atoms with Crippen molar-refractivity contribution >= 4 is 11.6 Å². The summed E-state index contributed by atoms with van der Waals surface area (Å²) >= 11 is 0. The normalized spacial score (nSPS) is 24.7. The minimum atomic E-state index is -0.211. The van der Waals surface area contributed by atoms with Crippen LogP contribution in [0.15, 0.2) is 27.8 Å². The quantitative estimate of drug-likeness (QED) is 0.772. The first-order valence-corrected chi connectivity index (χ1v) is 11.4. The van der Waals surface area contributed by atoms with E-state index in [9.17, 15) is 4.79 Å². The highest BCUT2D eigenvalue weighted by atomic mass is 16.6. The predicted octanol–water partition coefficient (Wildman–Crippen LogP) is 2.61. The Hall–Kier alpha value is -2.71. The van der Waals surface area contributed by atoms with Crippen LogP contribution in [0.3, 0.4) is 0 Å². The van der Waals surface area contributed by atoms with Crippen LogP contribution in [0.5, 0.6) is 0 Å². The number of hydrazone groups is 1. The lowest BCUT2D eigenvalue weighted by Crippen LogP contribution is -2.39. The number of carbonyl (C=O) groups is 1. The minimum Gasteiger partial charge on any atom is -0.455 e. The fourth-order valence-corrected chi connectivity index (χ4v) is 4.92. The van der Waals surface area contributed by atoms with Gasteiger partial charge in [0.2, 0.25) is 0 Å². The third-order valence-electron chi connectivity index (χ3n) is 6.83. The van der Waals surface area contributed by atoms with Gasteiger partial charge in [0.1, 0.15) is 5.76 Å². The molecule has 0 bridgehead atoms. The predicted molar refractivity (Wildman–Crippen MR) is 119 cm³/mol. The van der Waals surface area contributed by atoms with E-state index in [1.165, 1.54) is 5.56 Å². The number of hydrogen-bond acceptors (Lipinski definition) is 7. The van der Waals surface area contributed by atoms with Crippen LogP contribution in [0.1, 0.15) is 52.0 Å². The van der Waals surface area contributed by atoms with E-state index in [2.05, 4.69) is 28.3 Å². The molecule has 4 heterocycles. The molecule has 2 unspecified atom stereocenters. The van der Waals surface area contributed by atoms with E-state index in [1.807, 2.05) is 26.1 Å². The van der Waals surface area contributed by atoms with Crippen LogP contribution in [0.4, 0.5) is 0 Å². The number of fused-ring (bicyclic) bond motifs is 3. The molecule has 3 aliphatic rings. The van der Waals surface area contributed by atoms with Gasteiger partial charge in [0, 0.05) is 41.9 Å². The van der Waals surface area contributed by atoms with Gasteiger partial charge >= 0.3 is 0 Å². The zero-order valence-corrected chi connectivity index (χ0v) is 18.9. The lowest BCUT2D eigenvalue weighted by atomic mass is 9.81. The third-order valence-corrected chi connectivity index (χ3v) is 6.83. The van der Waals surface area contributed by atoms with Crippen LogP contribution in [0.25, 0.3) is 0 Å². The Kier molecular flexibility index (Phi) is 5.73. The summed E-state index contributed by atoms with van der Waals surface area (Å²) in [6.07, 6.45) is 3.48. The van der Waals surface area contributed by atoms with Gasteiger partial charge < -0.3 is 19.2 Å². The number of rotatable bonds is 5. The summed E-state index contributed by atoms with van der Waals surface area (Å²) in [5, 5.41) is 10.1. The number of ether oxygens (including phenoxy) is 2. The zero-order valence-electron chi connectivity index (χ0n) is 18.9. The molecule has 0 spiro atoms. The number of pyridine rings is 1. The SMILES string of the molecule is Cc1ncccc1CN1N=C2c3c(oc(C(=O)NC[C@@H]4COCCO4)c3C)CCC2C1C. The molecule has 8 nitrogen and oxygen atoms in total. The highest BCUT2D eigenvalue weighted by molar-refractivity contribution is 6.08. The average molecular weight is 439 g/mol. The molecule has 0 radical (unpaired) electrons. The Balaban J connectivity index is 1.36. The maximum absolute atomic E-state index is 12.9. The lowest BCUT2D eigenvalue weighted by Gasteiger charge is -2.26. The van der Waals surface area contributed by atoms with Crippen molar-refractivity contribution in [2.75, 3.05) is 26.4 Å². The van der Waals surface area contributed by atoms with Gasteiger partial charge in [0.25, 0.3) is 5.91 Å². The van der Waals surface area contributed by atoms with Crippen LogP contribution >= 0.6 is 0 Å². The molecule has 0 saturated carbocycles. The molecule has 3 atom stereocenters. The van der Waals surface area contributed by atoms with Gasteiger partial charge in [-0.1, -0.05) is 6.07 Å². The largest absolute Gasteiger partial charge is 0.455 e. The number of carbonyl (C=O) groups excluding carboxylic acids is 1. The van der Waals surface area contributed by atoms with Gasteiger partial charge in [-0.3, -0.25) is 14.8 Å². The summed E-state index contributed by atoms with van der Waals surface area (Å²) in [4.78, 5) is 17.3. The Morgan fingerprint density at radius 1 is 1.31 bits per heavy atom. The van der Waals surface area contributed by atoms with Crippen LogP contribution in [-0.4, -0.2) is 60.1 Å². The molecule has 170 valence electrons. The number of amides is 1. The Morgan fingerprint density at radius 2 is 2.19 bits per heavy atom. The Labute approximate surface area is 188 Å². The van der Waals surface area contributed by atoms with Gasteiger partial charge in [0.15, 0.2) is 5.76 Å². The van der Waals surface area contributed by atoms with E-state index in [0.717, 1.165) is 47.7 Å². The Morgan fingerprint density at radius 3 is 2.97 bits per heavy atom. The molecule has 1 amide bonds. The lowest BCUT2D eigenvalue weighted by molar-refractivity contribution is -0.0856.